The lowest BCUT2D eigenvalue weighted by molar-refractivity contribution is -0.114. The minimum atomic E-state index is -0.108. The van der Waals surface area contributed by atoms with E-state index in [1.54, 1.807) is 0 Å². The third-order valence-electron chi connectivity index (χ3n) is 2.75. The highest BCUT2D eigenvalue weighted by molar-refractivity contribution is 9.10. The molecule has 21 heavy (non-hydrogen) atoms. The number of halogens is 1. The van der Waals surface area contributed by atoms with Crippen LogP contribution in [-0.4, -0.2) is 19.1 Å². The van der Waals surface area contributed by atoms with E-state index >= 15 is 0 Å². The SMILES string of the molecule is CCOc1cccc(NCC(=O)Nc2ccccc2Br)c1. The number of ether oxygens (including phenoxy) is 1. The third-order valence-corrected chi connectivity index (χ3v) is 3.44. The standard InChI is InChI=1S/C16H17BrN2O2/c1-2-21-13-7-5-6-12(10-13)18-11-16(20)19-15-9-4-3-8-14(15)17/h3-10,18H,2,11H2,1H3,(H,19,20). The zero-order valence-corrected chi connectivity index (χ0v) is 13.3. The summed E-state index contributed by atoms with van der Waals surface area (Å²) in [6.45, 7) is 2.74. The molecule has 0 aliphatic carbocycles. The first-order valence-electron chi connectivity index (χ1n) is 6.70. The van der Waals surface area contributed by atoms with Crippen molar-refractivity contribution < 1.29 is 9.53 Å². The minimum Gasteiger partial charge on any atom is -0.494 e. The molecule has 0 fully saturated rings. The molecule has 2 N–H and O–H groups in total. The highest BCUT2D eigenvalue weighted by atomic mass is 79.9. The smallest absolute Gasteiger partial charge is 0.243 e. The molecular formula is C16H17BrN2O2. The first-order valence-corrected chi connectivity index (χ1v) is 7.49. The molecule has 1 amide bonds. The van der Waals surface area contributed by atoms with Gasteiger partial charge in [0.05, 0.1) is 18.8 Å². The Morgan fingerprint density at radius 3 is 2.76 bits per heavy atom. The number of amides is 1. The van der Waals surface area contributed by atoms with Gasteiger partial charge in [-0.2, -0.15) is 0 Å². The van der Waals surface area contributed by atoms with Crippen molar-refractivity contribution in [2.45, 2.75) is 6.92 Å². The maximum Gasteiger partial charge on any atom is 0.243 e. The van der Waals surface area contributed by atoms with Gasteiger partial charge in [-0.15, -0.1) is 0 Å². The number of benzene rings is 2. The minimum absolute atomic E-state index is 0.108. The summed E-state index contributed by atoms with van der Waals surface area (Å²) in [5, 5.41) is 5.92. The van der Waals surface area contributed by atoms with Crippen LogP contribution >= 0.6 is 15.9 Å². The van der Waals surface area contributed by atoms with Crippen molar-refractivity contribution in [2.24, 2.45) is 0 Å². The van der Waals surface area contributed by atoms with Crippen LogP contribution in [0, 0.1) is 0 Å². The van der Waals surface area contributed by atoms with E-state index in [0.717, 1.165) is 21.6 Å². The summed E-state index contributed by atoms with van der Waals surface area (Å²) in [5.74, 6) is 0.678. The lowest BCUT2D eigenvalue weighted by Gasteiger charge is -2.10. The fourth-order valence-electron chi connectivity index (χ4n) is 1.80. The molecule has 5 heteroatoms. The molecule has 0 spiro atoms. The summed E-state index contributed by atoms with van der Waals surface area (Å²) in [6, 6.07) is 15.0. The van der Waals surface area contributed by atoms with Gasteiger partial charge >= 0.3 is 0 Å². The molecule has 0 bridgehead atoms. The predicted molar refractivity (Wildman–Crippen MR) is 88.9 cm³/mol. The first kappa shape index (κ1) is 15.4. The van der Waals surface area contributed by atoms with Crippen LogP contribution in [0.25, 0.3) is 0 Å². The van der Waals surface area contributed by atoms with Gasteiger partial charge in [-0.3, -0.25) is 4.79 Å². The average molecular weight is 349 g/mol. The molecule has 0 aliphatic rings. The normalized spacial score (nSPS) is 10.0. The topological polar surface area (TPSA) is 50.4 Å². The highest BCUT2D eigenvalue weighted by Gasteiger charge is 2.05. The second-order valence-electron chi connectivity index (χ2n) is 4.34. The molecule has 0 saturated carbocycles. The van der Waals surface area contributed by atoms with E-state index in [2.05, 4.69) is 26.6 Å². The van der Waals surface area contributed by atoms with Crippen molar-refractivity contribution in [3.05, 3.63) is 53.0 Å². The van der Waals surface area contributed by atoms with Crippen molar-refractivity contribution in [1.29, 1.82) is 0 Å². The van der Waals surface area contributed by atoms with Crippen LogP contribution < -0.4 is 15.4 Å². The summed E-state index contributed by atoms with van der Waals surface area (Å²) >= 11 is 3.40. The van der Waals surface area contributed by atoms with Crippen LogP contribution in [0.2, 0.25) is 0 Å². The number of para-hydroxylation sites is 1. The molecule has 2 aromatic rings. The fourth-order valence-corrected chi connectivity index (χ4v) is 2.19. The molecule has 4 nitrogen and oxygen atoms in total. The van der Waals surface area contributed by atoms with Gasteiger partial charge in [-0.05, 0) is 47.1 Å². The molecule has 2 rings (SSSR count). The predicted octanol–water partition coefficient (Wildman–Crippen LogP) is 3.90. The fraction of sp³-hybridized carbons (Fsp3) is 0.188. The maximum atomic E-state index is 11.9. The van der Waals surface area contributed by atoms with E-state index in [9.17, 15) is 4.79 Å². The second kappa shape index (κ2) is 7.69. The van der Waals surface area contributed by atoms with E-state index in [1.807, 2.05) is 55.5 Å². The lowest BCUT2D eigenvalue weighted by atomic mass is 10.3. The summed E-state index contributed by atoms with van der Waals surface area (Å²) in [5.41, 5.74) is 1.61. The van der Waals surface area contributed by atoms with Crippen LogP contribution in [0.3, 0.4) is 0 Å². The summed E-state index contributed by atoms with van der Waals surface area (Å²) < 4.78 is 6.28. The van der Waals surface area contributed by atoms with Crippen molar-refractivity contribution in [1.82, 2.24) is 0 Å². The Balaban J connectivity index is 1.89. The maximum absolute atomic E-state index is 11.9. The van der Waals surface area contributed by atoms with Gasteiger partial charge in [-0.25, -0.2) is 0 Å². The Bertz CT molecular complexity index is 617. The first-order chi connectivity index (χ1) is 10.2. The Labute approximate surface area is 132 Å². The Kier molecular flexibility index (Phi) is 5.63. The van der Waals surface area contributed by atoms with Gasteiger partial charge < -0.3 is 15.4 Å². The van der Waals surface area contributed by atoms with Crippen molar-refractivity contribution >= 4 is 33.2 Å². The largest absolute Gasteiger partial charge is 0.494 e. The van der Waals surface area contributed by atoms with E-state index in [1.165, 1.54) is 0 Å². The molecule has 0 aliphatic heterocycles. The van der Waals surface area contributed by atoms with Gasteiger partial charge in [0.1, 0.15) is 5.75 Å². The zero-order chi connectivity index (χ0) is 15.1. The molecular weight excluding hydrogens is 332 g/mol. The van der Waals surface area contributed by atoms with E-state index in [0.29, 0.717) is 6.61 Å². The van der Waals surface area contributed by atoms with E-state index in [4.69, 9.17) is 4.74 Å². The van der Waals surface area contributed by atoms with Crippen molar-refractivity contribution in [3.8, 4) is 5.75 Å². The highest BCUT2D eigenvalue weighted by Crippen LogP contribution is 2.21. The number of carbonyl (C=O) groups excluding carboxylic acids is 1. The van der Waals surface area contributed by atoms with E-state index < -0.39 is 0 Å². The van der Waals surface area contributed by atoms with Gasteiger partial charge in [0.2, 0.25) is 5.91 Å². The van der Waals surface area contributed by atoms with Gasteiger partial charge in [0, 0.05) is 16.2 Å². The average Bonchev–Trinajstić information content (AvgIpc) is 2.48. The quantitative estimate of drug-likeness (QED) is 0.832. The number of anilines is 2. The summed E-state index contributed by atoms with van der Waals surface area (Å²) in [4.78, 5) is 11.9. The Morgan fingerprint density at radius 1 is 1.19 bits per heavy atom. The van der Waals surface area contributed by atoms with Crippen LogP contribution in [0.15, 0.2) is 53.0 Å². The monoisotopic (exact) mass is 348 g/mol. The van der Waals surface area contributed by atoms with Crippen LogP contribution in [0.1, 0.15) is 6.92 Å². The Hall–Kier alpha value is -2.01. The molecule has 0 unspecified atom stereocenters. The van der Waals surface area contributed by atoms with Crippen LogP contribution in [-0.2, 0) is 4.79 Å². The molecule has 0 aromatic heterocycles. The van der Waals surface area contributed by atoms with Crippen LogP contribution in [0.4, 0.5) is 11.4 Å². The zero-order valence-electron chi connectivity index (χ0n) is 11.7. The molecule has 0 atom stereocenters. The summed E-state index contributed by atoms with van der Waals surface area (Å²) in [7, 11) is 0. The lowest BCUT2D eigenvalue weighted by Crippen LogP contribution is -2.21. The van der Waals surface area contributed by atoms with E-state index in [-0.39, 0.29) is 12.5 Å². The van der Waals surface area contributed by atoms with Crippen LogP contribution in [0.5, 0.6) is 5.75 Å². The second-order valence-corrected chi connectivity index (χ2v) is 5.20. The number of rotatable bonds is 6. The van der Waals surface area contributed by atoms with Crippen molar-refractivity contribution in [3.63, 3.8) is 0 Å². The summed E-state index contributed by atoms with van der Waals surface area (Å²) in [6.07, 6.45) is 0. The van der Waals surface area contributed by atoms with Gasteiger partial charge in [-0.1, -0.05) is 18.2 Å². The molecule has 2 aromatic carbocycles. The number of carbonyl (C=O) groups is 1. The number of nitrogens with one attached hydrogen (secondary N) is 2. The molecule has 0 radical (unpaired) electrons. The molecule has 0 saturated heterocycles. The van der Waals surface area contributed by atoms with Gasteiger partial charge in [0.15, 0.2) is 0 Å². The third kappa shape index (κ3) is 4.79. The molecule has 110 valence electrons. The Morgan fingerprint density at radius 2 is 2.00 bits per heavy atom. The van der Waals surface area contributed by atoms with Crippen molar-refractivity contribution in [2.75, 3.05) is 23.8 Å². The molecule has 0 heterocycles. The number of hydrogen-bond donors (Lipinski definition) is 2. The number of hydrogen-bond acceptors (Lipinski definition) is 3. The van der Waals surface area contributed by atoms with Gasteiger partial charge in [0.25, 0.3) is 0 Å².